The van der Waals surface area contributed by atoms with Crippen LogP contribution >= 0.6 is 0 Å². The molecule has 1 aromatic rings. The third kappa shape index (κ3) is 4.53. The lowest BCUT2D eigenvalue weighted by molar-refractivity contribution is 0.434. The predicted octanol–water partition coefficient (Wildman–Crippen LogP) is 5.10. The van der Waals surface area contributed by atoms with Gasteiger partial charge in [-0.3, -0.25) is 0 Å². The van der Waals surface area contributed by atoms with E-state index in [4.69, 9.17) is 0 Å². The van der Waals surface area contributed by atoms with Crippen LogP contribution in [0.5, 0.6) is 5.75 Å². The van der Waals surface area contributed by atoms with Gasteiger partial charge in [0, 0.05) is 5.57 Å². The van der Waals surface area contributed by atoms with Crippen LogP contribution in [-0.4, -0.2) is 10.2 Å². The lowest BCUT2D eigenvalue weighted by Gasteiger charge is -2.09. The topological polar surface area (TPSA) is 40.5 Å². The number of aliphatic hydroxyl groups is 1. The Morgan fingerprint density at radius 3 is 2.48 bits per heavy atom. The third-order valence-corrected chi connectivity index (χ3v) is 3.08. The van der Waals surface area contributed by atoms with Crippen LogP contribution < -0.4 is 0 Å². The Kier molecular flexibility index (Phi) is 6.28. The number of aliphatic hydroxyl groups excluding tert-OH is 1. The molecule has 0 bridgehead atoms. The van der Waals surface area contributed by atoms with Gasteiger partial charge in [-0.15, -0.1) is 13.2 Å². The average Bonchev–Trinajstić information content (AvgIpc) is 2.43. The predicted molar refractivity (Wildman–Crippen MR) is 90.3 cm³/mol. The Bertz CT molecular complexity index is 604. The molecule has 0 atom stereocenters. The van der Waals surface area contributed by atoms with Gasteiger partial charge in [-0.1, -0.05) is 36.4 Å². The van der Waals surface area contributed by atoms with E-state index in [0.29, 0.717) is 18.4 Å². The zero-order valence-electron chi connectivity index (χ0n) is 12.5. The number of rotatable bonds is 7. The molecule has 0 aliphatic carbocycles. The van der Waals surface area contributed by atoms with Gasteiger partial charge in [-0.25, -0.2) is 0 Å². The minimum absolute atomic E-state index is 0.152. The van der Waals surface area contributed by atoms with E-state index < -0.39 is 0 Å². The van der Waals surface area contributed by atoms with Crippen molar-refractivity contribution < 1.29 is 10.2 Å². The summed E-state index contributed by atoms with van der Waals surface area (Å²) < 4.78 is 0. The number of allylic oxidation sites excluding steroid dienone is 6. The van der Waals surface area contributed by atoms with Crippen LogP contribution in [-0.2, 0) is 6.42 Å². The molecule has 0 unspecified atom stereocenters. The van der Waals surface area contributed by atoms with Crippen molar-refractivity contribution in [3.63, 3.8) is 0 Å². The molecule has 0 saturated carbocycles. The molecular formula is C19H22O2. The minimum Gasteiger partial charge on any atom is -0.508 e. The summed E-state index contributed by atoms with van der Waals surface area (Å²) in [6, 6.07) is 5.21. The van der Waals surface area contributed by atoms with Crippen LogP contribution in [0.15, 0.2) is 73.6 Å². The maximum atomic E-state index is 10.3. The molecule has 2 N–H and O–H groups in total. The van der Waals surface area contributed by atoms with Gasteiger partial charge in [0.2, 0.25) is 0 Å². The maximum Gasteiger partial charge on any atom is 0.123 e. The van der Waals surface area contributed by atoms with Gasteiger partial charge in [-0.05, 0) is 49.1 Å². The summed E-state index contributed by atoms with van der Waals surface area (Å²) in [5.41, 5.74) is 3.21. The number of benzene rings is 1. The van der Waals surface area contributed by atoms with E-state index in [1.54, 1.807) is 36.4 Å². The molecule has 0 aliphatic rings. The highest BCUT2D eigenvalue weighted by atomic mass is 16.3. The van der Waals surface area contributed by atoms with Crippen LogP contribution in [0.4, 0.5) is 0 Å². The number of hydrogen-bond donors (Lipinski definition) is 2. The summed E-state index contributed by atoms with van der Waals surface area (Å²) in [5, 5.41) is 20.1. The molecule has 0 radical (unpaired) electrons. The molecule has 0 spiro atoms. The van der Waals surface area contributed by atoms with Gasteiger partial charge >= 0.3 is 0 Å². The summed E-state index contributed by atoms with van der Waals surface area (Å²) in [5.74, 6) is 0.375. The highest BCUT2D eigenvalue weighted by molar-refractivity contribution is 5.77. The first-order chi connectivity index (χ1) is 10.0. The van der Waals surface area contributed by atoms with E-state index in [-0.39, 0.29) is 11.5 Å². The second kappa shape index (κ2) is 7.95. The van der Waals surface area contributed by atoms with E-state index in [1.807, 2.05) is 13.0 Å². The van der Waals surface area contributed by atoms with Crippen molar-refractivity contribution in [2.24, 2.45) is 0 Å². The highest BCUT2D eigenvalue weighted by Gasteiger charge is 2.07. The number of phenols is 1. The molecule has 0 heterocycles. The number of aromatic hydroxyl groups is 1. The van der Waals surface area contributed by atoms with E-state index in [1.165, 1.54) is 0 Å². The fourth-order valence-electron chi connectivity index (χ4n) is 2.04. The van der Waals surface area contributed by atoms with Crippen molar-refractivity contribution in [1.82, 2.24) is 0 Å². The second-order valence-electron chi connectivity index (χ2n) is 4.82. The Morgan fingerprint density at radius 2 is 1.90 bits per heavy atom. The van der Waals surface area contributed by atoms with Gasteiger partial charge in [0.15, 0.2) is 0 Å². The fraction of sp³-hybridized carbons (Fsp3) is 0.158. The maximum absolute atomic E-state index is 10.3. The molecule has 0 amide bonds. The Morgan fingerprint density at radius 1 is 1.19 bits per heavy atom. The quantitative estimate of drug-likeness (QED) is 0.415. The molecule has 0 aliphatic heterocycles. The molecule has 0 fully saturated rings. The lowest BCUT2D eigenvalue weighted by Crippen LogP contribution is -1.91. The smallest absolute Gasteiger partial charge is 0.123 e. The summed E-state index contributed by atoms with van der Waals surface area (Å²) in [6.07, 6.45) is 8.11. The molecule has 0 aromatic heterocycles. The Labute approximate surface area is 126 Å². The summed E-state index contributed by atoms with van der Waals surface area (Å²) >= 11 is 0. The Hall–Kier alpha value is -2.48. The standard InChI is InChI=1S/C19H22O2/c1-5-8-14(4)12-19(21)17(7-3)15-10-11-18(20)16(13-15)9-6-2/h5-7,10-13,20-21H,1-3,8-9H2,4H3/b14-12+,19-17-. The van der Waals surface area contributed by atoms with Crippen molar-refractivity contribution in [2.75, 3.05) is 0 Å². The summed E-state index contributed by atoms with van der Waals surface area (Å²) in [4.78, 5) is 0. The number of phenolic OH excluding ortho intramolecular Hbond substituents is 1. The largest absolute Gasteiger partial charge is 0.508 e. The molecule has 2 nitrogen and oxygen atoms in total. The first-order valence-electron chi connectivity index (χ1n) is 6.80. The zero-order chi connectivity index (χ0) is 15.8. The third-order valence-electron chi connectivity index (χ3n) is 3.08. The molecule has 1 aromatic carbocycles. The normalized spacial score (nSPS) is 12.5. The van der Waals surface area contributed by atoms with Gasteiger partial charge < -0.3 is 10.2 Å². The molecule has 21 heavy (non-hydrogen) atoms. The van der Waals surface area contributed by atoms with Crippen molar-refractivity contribution >= 4 is 5.57 Å². The van der Waals surface area contributed by atoms with Gasteiger partial charge in [0.05, 0.1) is 0 Å². The van der Waals surface area contributed by atoms with Crippen LogP contribution in [0, 0.1) is 0 Å². The zero-order valence-corrected chi connectivity index (χ0v) is 12.5. The van der Waals surface area contributed by atoms with Crippen LogP contribution in [0.3, 0.4) is 0 Å². The Balaban J connectivity index is 3.29. The molecule has 2 heteroatoms. The van der Waals surface area contributed by atoms with Crippen molar-refractivity contribution in [2.45, 2.75) is 19.8 Å². The van der Waals surface area contributed by atoms with Crippen molar-refractivity contribution in [3.8, 4) is 5.75 Å². The first-order valence-corrected chi connectivity index (χ1v) is 6.80. The van der Waals surface area contributed by atoms with Crippen molar-refractivity contribution in [1.29, 1.82) is 0 Å². The van der Waals surface area contributed by atoms with E-state index >= 15 is 0 Å². The minimum atomic E-state index is 0.152. The van der Waals surface area contributed by atoms with Crippen LogP contribution in [0.2, 0.25) is 0 Å². The van der Waals surface area contributed by atoms with Gasteiger partial charge in [-0.2, -0.15) is 0 Å². The highest BCUT2D eigenvalue weighted by Crippen LogP contribution is 2.26. The SMILES string of the molecule is C=CC/C(C)=C/C(O)=C(\C=C)c1ccc(O)c(CC=C)c1. The van der Waals surface area contributed by atoms with Gasteiger partial charge in [0.1, 0.15) is 11.5 Å². The molecule has 1 rings (SSSR count). The fourth-order valence-corrected chi connectivity index (χ4v) is 2.04. The molecular weight excluding hydrogens is 260 g/mol. The summed E-state index contributed by atoms with van der Waals surface area (Å²) in [7, 11) is 0. The van der Waals surface area contributed by atoms with Crippen molar-refractivity contribution in [3.05, 3.63) is 84.7 Å². The van der Waals surface area contributed by atoms with Crippen LogP contribution in [0.25, 0.3) is 5.57 Å². The average molecular weight is 282 g/mol. The van der Waals surface area contributed by atoms with Gasteiger partial charge in [0.25, 0.3) is 0 Å². The van der Waals surface area contributed by atoms with Crippen LogP contribution in [0.1, 0.15) is 24.5 Å². The van der Waals surface area contributed by atoms with E-state index in [9.17, 15) is 10.2 Å². The monoisotopic (exact) mass is 282 g/mol. The molecule has 110 valence electrons. The van der Waals surface area contributed by atoms with E-state index in [2.05, 4.69) is 19.7 Å². The molecule has 0 saturated heterocycles. The second-order valence-corrected chi connectivity index (χ2v) is 4.82. The lowest BCUT2D eigenvalue weighted by atomic mass is 9.99. The first kappa shape index (κ1) is 16.6. The number of hydrogen-bond acceptors (Lipinski definition) is 2. The summed E-state index contributed by atoms with van der Waals surface area (Å²) in [6.45, 7) is 13.0. The van der Waals surface area contributed by atoms with E-state index in [0.717, 1.165) is 16.7 Å².